The van der Waals surface area contributed by atoms with Crippen molar-refractivity contribution in [1.29, 1.82) is 0 Å². The zero-order valence-corrected chi connectivity index (χ0v) is 8.92. The van der Waals surface area contributed by atoms with E-state index >= 15 is 0 Å². The Balaban J connectivity index is 2.79. The fourth-order valence-corrected chi connectivity index (χ4v) is 1.47. The lowest BCUT2D eigenvalue weighted by Gasteiger charge is -2.10. The predicted molar refractivity (Wildman–Crippen MR) is 57.8 cm³/mol. The normalized spacial score (nSPS) is 10.2. The Morgan fingerprint density at radius 1 is 1.36 bits per heavy atom. The van der Waals surface area contributed by atoms with Gasteiger partial charge in [0.1, 0.15) is 5.75 Å². The number of ether oxygens (including phenoxy) is 1. The molecule has 0 radical (unpaired) electrons. The monoisotopic (exact) mass is 194 g/mol. The summed E-state index contributed by atoms with van der Waals surface area (Å²) in [4.78, 5) is 0. The van der Waals surface area contributed by atoms with Gasteiger partial charge in [-0.1, -0.05) is 17.7 Å². The van der Waals surface area contributed by atoms with Gasteiger partial charge in [-0.05, 0) is 38.3 Å². The van der Waals surface area contributed by atoms with Gasteiger partial charge in [-0.25, -0.2) is 0 Å². The predicted octanol–water partition coefficient (Wildman–Crippen LogP) is 2.32. The maximum atomic E-state index is 8.78. The third kappa shape index (κ3) is 3.04. The largest absolute Gasteiger partial charge is 0.494 e. The summed E-state index contributed by atoms with van der Waals surface area (Å²) in [5.74, 6) is 0.951. The molecule has 14 heavy (non-hydrogen) atoms. The van der Waals surface area contributed by atoms with Gasteiger partial charge < -0.3 is 9.84 Å². The minimum Gasteiger partial charge on any atom is -0.494 e. The van der Waals surface area contributed by atoms with Gasteiger partial charge in [0.25, 0.3) is 0 Å². The first-order chi connectivity index (χ1) is 6.77. The summed E-state index contributed by atoms with van der Waals surface area (Å²) in [6, 6.07) is 6.18. The van der Waals surface area contributed by atoms with Crippen molar-refractivity contribution in [2.24, 2.45) is 0 Å². The topological polar surface area (TPSA) is 29.5 Å². The van der Waals surface area contributed by atoms with Gasteiger partial charge in [-0.3, -0.25) is 0 Å². The molecule has 1 N–H and O–H groups in total. The van der Waals surface area contributed by atoms with E-state index in [1.54, 1.807) is 0 Å². The molecule has 0 spiro atoms. The third-order valence-corrected chi connectivity index (χ3v) is 2.12. The first-order valence-electron chi connectivity index (χ1n) is 5.11. The smallest absolute Gasteiger partial charge is 0.122 e. The van der Waals surface area contributed by atoms with Crippen LogP contribution in [0.5, 0.6) is 5.75 Å². The first kappa shape index (κ1) is 11.1. The van der Waals surface area contributed by atoms with Gasteiger partial charge in [-0.15, -0.1) is 0 Å². The molecule has 78 valence electrons. The average molecular weight is 194 g/mol. The number of rotatable bonds is 5. The van der Waals surface area contributed by atoms with Crippen LogP contribution < -0.4 is 4.74 Å². The summed E-state index contributed by atoms with van der Waals surface area (Å²) >= 11 is 0. The second-order valence-corrected chi connectivity index (χ2v) is 3.37. The van der Waals surface area contributed by atoms with Crippen molar-refractivity contribution in [3.8, 4) is 5.75 Å². The molecule has 0 aliphatic heterocycles. The van der Waals surface area contributed by atoms with Crippen molar-refractivity contribution in [2.45, 2.75) is 26.7 Å². The van der Waals surface area contributed by atoms with E-state index in [2.05, 4.69) is 13.0 Å². The number of aliphatic hydroxyl groups excluding tert-OH is 1. The van der Waals surface area contributed by atoms with Crippen LogP contribution in [0.2, 0.25) is 0 Å². The van der Waals surface area contributed by atoms with Crippen molar-refractivity contribution in [2.75, 3.05) is 13.2 Å². The third-order valence-electron chi connectivity index (χ3n) is 2.12. The molecule has 2 nitrogen and oxygen atoms in total. The highest BCUT2D eigenvalue weighted by molar-refractivity contribution is 5.36. The fraction of sp³-hybridized carbons (Fsp3) is 0.500. The Labute approximate surface area is 85.5 Å². The minimum absolute atomic E-state index is 0.236. The first-order valence-corrected chi connectivity index (χ1v) is 5.11. The molecule has 0 atom stereocenters. The summed E-state index contributed by atoms with van der Waals surface area (Å²) in [5, 5.41) is 8.78. The lowest BCUT2D eigenvalue weighted by molar-refractivity contribution is 0.286. The molecule has 0 fully saturated rings. The lowest BCUT2D eigenvalue weighted by Crippen LogP contribution is -1.98. The van der Waals surface area contributed by atoms with E-state index < -0.39 is 0 Å². The number of aliphatic hydroxyl groups is 1. The van der Waals surface area contributed by atoms with E-state index in [0.29, 0.717) is 6.61 Å². The Morgan fingerprint density at radius 3 is 2.79 bits per heavy atom. The number of aryl methyl sites for hydroxylation is 2. The maximum Gasteiger partial charge on any atom is 0.122 e. The van der Waals surface area contributed by atoms with Crippen LogP contribution in [0.25, 0.3) is 0 Å². The van der Waals surface area contributed by atoms with Gasteiger partial charge in [0.05, 0.1) is 6.61 Å². The Morgan fingerprint density at radius 2 is 2.14 bits per heavy atom. The van der Waals surface area contributed by atoms with E-state index in [-0.39, 0.29) is 6.61 Å². The van der Waals surface area contributed by atoms with Crippen LogP contribution >= 0.6 is 0 Å². The van der Waals surface area contributed by atoms with Crippen molar-refractivity contribution in [3.63, 3.8) is 0 Å². The minimum atomic E-state index is 0.236. The van der Waals surface area contributed by atoms with Crippen molar-refractivity contribution >= 4 is 0 Å². The molecule has 0 aromatic heterocycles. The van der Waals surface area contributed by atoms with Gasteiger partial charge in [-0.2, -0.15) is 0 Å². The number of hydrogen-bond donors (Lipinski definition) is 1. The van der Waals surface area contributed by atoms with Gasteiger partial charge in [0.2, 0.25) is 0 Å². The Hall–Kier alpha value is -1.02. The molecule has 2 heteroatoms. The Bertz CT molecular complexity index is 282. The fourth-order valence-electron chi connectivity index (χ4n) is 1.47. The molecular weight excluding hydrogens is 176 g/mol. The summed E-state index contributed by atoms with van der Waals surface area (Å²) < 4.78 is 5.51. The molecule has 0 aliphatic rings. The molecule has 0 aliphatic carbocycles. The average Bonchev–Trinajstić information content (AvgIpc) is 2.18. The highest BCUT2D eigenvalue weighted by atomic mass is 16.5. The molecule has 1 aromatic rings. The molecular formula is C12H18O2. The summed E-state index contributed by atoms with van der Waals surface area (Å²) in [6.07, 6.45) is 1.68. The summed E-state index contributed by atoms with van der Waals surface area (Å²) in [7, 11) is 0. The van der Waals surface area contributed by atoms with Gasteiger partial charge >= 0.3 is 0 Å². The van der Waals surface area contributed by atoms with E-state index in [9.17, 15) is 0 Å². The van der Waals surface area contributed by atoms with Crippen molar-refractivity contribution < 1.29 is 9.84 Å². The molecule has 0 saturated carbocycles. The van der Waals surface area contributed by atoms with Crippen LogP contribution in [0.4, 0.5) is 0 Å². The molecule has 0 unspecified atom stereocenters. The van der Waals surface area contributed by atoms with E-state index in [1.165, 1.54) is 11.1 Å². The number of hydrogen-bond acceptors (Lipinski definition) is 2. The van der Waals surface area contributed by atoms with E-state index in [1.807, 2.05) is 19.1 Å². The summed E-state index contributed by atoms with van der Waals surface area (Å²) in [5.41, 5.74) is 2.43. The molecule has 0 amide bonds. The molecule has 0 saturated heterocycles. The number of benzene rings is 1. The quantitative estimate of drug-likeness (QED) is 0.779. The van der Waals surface area contributed by atoms with Crippen molar-refractivity contribution in [1.82, 2.24) is 0 Å². The zero-order valence-electron chi connectivity index (χ0n) is 8.92. The Kier molecular flexibility index (Phi) is 4.47. The van der Waals surface area contributed by atoms with E-state index in [0.717, 1.165) is 18.6 Å². The molecule has 1 aromatic carbocycles. The summed E-state index contributed by atoms with van der Waals surface area (Å²) in [6.45, 7) is 4.97. The van der Waals surface area contributed by atoms with Crippen LogP contribution in [-0.4, -0.2) is 18.3 Å². The highest BCUT2D eigenvalue weighted by Crippen LogP contribution is 2.21. The van der Waals surface area contributed by atoms with Crippen LogP contribution in [-0.2, 0) is 6.42 Å². The molecule has 0 heterocycles. The van der Waals surface area contributed by atoms with Crippen LogP contribution in [0, 0.1) is 6.92 Å². The standard InChI is InChI=1S/C12H18O2/c1-3-14-12-7-6-10(2)9-11(12)5-4-8-13/h6-7,9,13H,3-5,8H2,1-2H3. The van der Waals surface area contributed by atoms with Crippen LogP contribution in [0.1, 0.15) is 24.5 Å². The second-order valence-electron chi connectivity index (χ2n) is 3.37. The maximum absolute atomic E-state index is 8.78. The molecule has 0 bridgehead atoms. The second kappa shape index (κ2) is 5.66. The van der Waals surface area contributed by atoms with E-state index in [4.69, 9.17) is 9.84 Å². The zero-order chi connectivity index (χ0) is 10.4. The van der Waals surface area contributed by atoms with Crippen LogP contribution in [0.3, 0.4) is 0 Å². The lowest BCUT2D eigenvalue weighted by atomic mass is 10.1. The highest BCUT2D eigenvalue weighted by Gasteiger charge is 2.02. The molecule has 1 rings (SSSR count). The van der Waals surface area contributed by atoms with Gasteiger partial charge in [0, 0.05) is 6.61 Å². The SMILES string of the molecule is CCOc1ccc(C)cc1CCCO. The van der Waals surface area contributed by atoms with Gasteiger partial charge in [0.15, 0.2) is 0 Å². The van der Waals surface area contributed by atoms with Crippen LogP contribution in [0.15, 0.2) is 18.2 Å². The van der Waals surface area contributed by atoms with Crippen molar-refractivity contribution in [3.05, 3.63) is 29.3 Å².